The normalized spacial score (nSPS) is 13.0. The Morgan fingerprint density at radius 1 is 0.962 bits per heavy atom. The number of imide groups is 1. The predicted molar refractivity (Wildman–Crippen MR) is 95.7 cm³/mol. The minimum absolute atomic E-state index is 0.201. The smallest absolute Gasteiger partial charge is 0.320 e. The molecule has 0 atom stereocenters. The van der Waals surface area contributed by atoms with Crippen LogP contribution in [0.1, 0.15) is 20.7 Å². The second-order valence-corrected chi connectivity index (χ2v) is 5.78. The number of carbonyl (C=O) groups excluding carboxylic acids is 3. The number of fused-ring (bicyclic) bond motifs is 2. The monoisotopic (exact) mass is 346 g/mol. The van der Waals surface area contributed by atoms with Crippen molar-refractivity contribution in [2.75, 3.05) is 12.0 Å². The Bertz CT molecular complexity index is 1010. The molecule has 128 valence electrons. The van der Waals surface area contributed by atoms with E-state index in [1.807, 2.05) is 12.1 Å². The van der Waals surface area contributed by atoms with Crippen molar-refractivity contribution < 1.29 is 14.4 Å². The molecule has 4 rings (SSSR count). The summed E-state index contributed by atoms with van der Waals surface area (Å²) in [6.45, 7) is -0.201. The third-order valence-electron chi connectivity index (χ3n) is 4.14. The second-order valence-electron chi connectivity index (χ2n) is 5.78. The summed E-state index contributed by atoms with van der Waals surface area (Å²) in [6.07, 6.45) is 1.70. The van der Waals surface area contributed by atoms with E-state index in [-0.39, 0.29) is 6.67 Å². The van der Waals surface area contributed by atoms with Gasteiger partial charge in [-0.3, -0.25) is 19.5 Å². The highest BCUT2D eigenvalue weighted by molar-refractivity contribution is 6.21. The Morgan fingerprint density at radius 2 is 1.69 bits per heavy atom. The van der Waals surface area contributed by atoms with Crippen LogP contribution < -0.4 is 10.6 Å². The van der Waals surface area contributed by atoms with Crippen molar-refractivity contribution in [3.8, 4) is 0 Å². The molecular weight excluding hydrogens is 332 g/mol. The molecule has 0 fully saturated rings. The van der Waals surface area contributed by atoms with Crippen molar-refractivity contribution in [1.82, 2.24) is 15.2 Å². The van der Waals surface area contributed by atoms with Gasteiger partial charge in [0, 0.05) is 17.3 Å². The number of nitrogens with one attached hydrogen (secondary N) is 2. The van der Waals surface area contributed by atoms with Crippen LogP contribution in [-0.4, -0.2) is 34.4 Å². The lowest BCUT2D eigenvalue weighted by molar-refractivity contribution is 0.0648. The molecule has 1 aromatic heterocycles. The zero-order valence-electron chi connectivity index (χ0n) is 13.6. The molecule has 2 aromatic carbocycles. The van der Waals surface area contributed by atoms with Crippen LogP contribution in [0.25, 0.3) is 10.9 Å². The number of hydrogen-bond donors (Lipinski definition) is 2. The van der Waals surface area contributed by atoms with E-state index in [2.05, 4.69) is 15.6 Å². The summed E-state index contributed by atoms with van der Waals surface area (Å²) in [4.78, 5) is 41.8. The lowest BCUT2D eigenvalue weighted by atomic mass is 10.1. The van der Waals surface area contributed by atoms with Crippen molar-refractivity contribution in [2.45, 2.75) is 0 Å². The number of aromatic nitrogens is 1. The highest BCUT2D eigenvalue weighted by atomic mass is 16.2. The summed E-state index contributed by atoms with van der Waals surface area (Å²) in [7, 11) is 0. The molecule has 2 N–H and O–H groups in total. The van der Waals surface area contributed by atoms with E-state index in [1.165, 1.54) is 0 Å². The van der Waals surface area contributed by atoms with Crippen LogP contribution in [0.3, 0.4) is 0 Å². The first-order chi connectivity index (χ1) is 12.6. The summed E-state index contributed by atoms with van der Waals surface area (Å²) in [5, 5.41) is 6.11. The number of urea groups is 1. The molecule has 3 aromatic rings. The van der Waals surface area contributed by atoms with Gasteiger partial charge in [0.2, 0.25) is 0 Å². The molecule has 0 saturated carbocycles. The first-order valence-corrected chi connectivity index (χ1v) is 7.98. The highest BCUT2D eigenvalue weighted by Crippen LogP contribution is 2.21. The maximum Gasteiger partial charge on any atom is 0.320 e. The molecule has 26 heavy (non-hydrogen) atoms. The van der Waals surface area contributed by atoms with Gasteiger partial charge in [-0.2, -0.15) is 0 Å². The van der Waals surface area contributed by atoms with Gasteiger partial charge in [0.15, 0.2) is 0 Å². The predicted octanol–water partition coefficient (Wildman–Crippen LogP) is 2.61. The molecule has 1 aliphatic rings. The summed E-state index contributed by atoms with van der Waals surface area (Å²) in [6, 6.07) is 15.1. The zero-order chi connectivity index (χ0) is 18.1. The van der Waals surface area contributed by atoms with Gasteiger partial charge in [0.25, 0.3) is 11.8 Å². The molecule has 2 heterocycles. The average molecular weight is 346 g/mol. The minimum atomic E-state index is -0.509. The van der Waals surface area contributed by atoms with Gasteiger partial charge in [0.1, 0.15) is 6.67 Å². The lowest BCUT2D eigenvalue weighted by Crippen LogP contribution is -2.42. The quantitative estimate of drug-likeness (QED) is 0.713. The largest absolute Gasteiger partial charge is 0.320 e. The van der Waals surface area contributed by atoms with Crippen LogP contribution in [0.4, 0.5) is 10.5 Å². The number of nitrogens with zero attached hydrogens (tertiary/aromatic N) is 2. The van der Waals surface area contributed by atoms with E-state index in [0.717, 1.165) is 15.8 Å². The van der Waals surface area contributed by atoms with Crippen LogP contribution in [0.2, 0.25) is 0 Å². The van der Waals surface area contributed by atoms with Crippen LogP contribution in [0.15, 0.2) is 60.8 Å². The first kappa shape index (κ1) is 15.8. The van der Waals surface area contributed by atoms with Crippen molar-refractivity contribution in [3.05, 3.63) is 71.9 Å². The van der Waals surface area contributed by atoms with Crippen molar-refractivity contribution in [2.24, 2.45) is 0 Å². The molecule has 7 heteroatoms. The summed E-state index contributed by atoms with van der Waals surface area (Å²) >= 11 is 0. The molecular formula is C19H14N4O3. The number of anilines is 1. The van der Waals surface area contributed by atoms with Crippen molar-refractivity contribution in [1.29, 1.82) is 0 Å². The van der Waals surface area contributed by atoms with Gasteiger partial charge in [0.05, 0.1) is 16.6 Å². The Kier molecular flexibility index (Phi) is 3.81. The fraction of sp³-hybridized carbons (Fsp3) is 0.0526. The Labute approximate surface area is 148 Å². The second kappa shape index (κ2) is 6.29. The van der Waals surface area contributed by atoms with Gasteiger partial charge in [-0.05, 0) is 36.4 Å². The molecule has 0 aliphatic carbocycles. The van der Waals surface area contributed by atoms with Crippen LogP contribution in [0, 0.1) is 0 Å². The third-order valence-corrected chi connectivity index (χ3v) is 4.14. The molecule has 0 saturated heterocycles. The highest BCUT2D eigenvalue weighted by Gasteiger charge is 2.35. The molecule has 7 nitrogen and oxygen atoms in total. The molecule has 0 radical (unpaired) electrons. The molecule has 1 aliphatic heterocycles. The van der Waals surface area contributed by atoms with Gasteiger partial charge in [-0.15, -0.1) is 0 Å². The lowest BCUT2D eigenvalue weighted by Gasteiger charge is -2.15. The van der Waals surface area contributed by atoms with Crippen LogP contribution in [-0.2, 0) is 0 Å². The third kappa shape index (κ3) is 2.75. The number of amides is 4. The summed E-state index contributed by atoms with van der Waals surface area (Å²) in [5.41, 5.74) is 2.11. The fourth-order valence-corrected chi connectivity index (χ4v) is 2.86. The molecule has 0 bridgehead atoms. The van der Waals surface area contributed by atoms with E-state index >= 15 is 0 Å². The number of hydrogen-bond acceptors (Lipinski definition) is 4. The SMILES string of the molecule is O=C(NCN1C(=O)c2ccccc2C1=O)Nc1ccc2ncccc2c1. The van der Waals surface area contributed by atoms with E-state index in [0.29, 0.717) is 16.8 Å². The van der Waals surface area contributed by atoms with E-state index < -0.39 is 17.8 Å². The topological polar surface area (TPSA) is 91.4 Å². The van der Waals surface area contributed by atoms with Gasteiger partial charge < -0.3 is 10.6 Å². The average Bonchev–Trinajstić information content (AvgIpc) is 2.91. The zero-order valence-corrected chi connectivity index (χ0v) is 13.6. The van der Waals surface area contributed by atoms with E-state index in [1.54, 1.807) is 48.7 Å². The fourth-order valence-electron chi connectivity index (χ4n) is 2.86. The first-order valence-electron chi connectivity index (χ1n) is 7.98. The van der Waals surface area contributed by atoms with Gasteiger partial charge in [-0.25, -0.2) is 4.79 Å². The van der Waals surface area contributed by atoms with Gasteiger partial charge >= 0.3 is 6.03 Å². The van der Waals surface area contributed by atoms with Gasteiger partial charge in [-0.1, -0.05) is 18.2 Å². The molecule has 4 amide bonds. The van der Waals surface area contributed by atoms with Crippen molar-refractivity contribution in [3.63, 3.8) is 0 Å². The number of carbonyl (C=O) groups is 3. The number of pyridine rings is 1. The van der Waals surface area contributed by atoms with E-state index in [9.17, 15) is 14.4 Å². The maximum absolute atomic E-state index is 12.3. The van der Waals surface area contributed by atoms with Crippen molar-refractivity contribution >= 4 is 34.4 Å². The molecule has 0 unspecified atom stereocenters. The summed E-state index contributed by atoms with van der Waals surface area (Å²) < 4.78 is 0. The van der Waals surface area contributed by atoms with E-state index in [4.69, 9.17) is 0 Å². The van der Waals surface area contributed by atoms with Crippen LogP contribution >= 0.6 is 0 Å². The number of benzene rings is 2. The standard InChI is InChI=1S/C19H14N4O3/c24-17-14-5-1-2-6-15(14)18(25)23(17)11-21-19(26)22-13-7-8-16-12(10-13)4-3-9-20-16/h1-10H,11H2,(H2,21,22,26). The Balaban J connectivity index is 1.41. The summed E-state index contributed by atoms with van der Waals surface area (Å²) in [5.74, 6) is -0.828. The Hall–Kier alpha value is -3.74. The number of rotatable bonds is 3. The maximum atomic E-state index is 12.3. The van der Waals surface area contributed by atoms with Crippen LogP contribution in [0.5, 0.6) is 0 Å². The minimum Gasteiger partial charge on any atom is -0.320 e. The Morgan fingerprint density at radius 3 is 2.42 bits per heavy atom. The molecule has 0 spiro atoms.